The minimum Gasteiger partial charge on any atom is -0.328 e. The van der Waals surface area contributed by atoms with E-state index in [9.17, 15) is 8.78 Å². The lowest BCUT2D eigenvalue weighted by atomic mass is 9.78. The second-order valence-corrected chi connectivity index (χ2v) is 8.35. The molecule has 2 aliphatic carbocycles. The minimum atomic E-state index is -1.000. The van der Waals surface area contributed by atoms with Gasteiger partial charge in [0.2, 0.25) is 0 Å². The van der Waals surface area contributed by atoms with E-state index in [1.165, 1.54) is 0 Å². The van der Waals surface area contributed by atoms with E-state index in [4.69, 9.17) is 11.5 Å². The largest absolute Gasteiger partial charge is 0.328 e. The van der Waals surface area contributed by atoms with Crippen LogP contribution in [0.4, 0.5) is 8.78 Å². The second-order valence-electron chi connectivity index (χ2n) is 8.35. The molecular weight excluding hydrogens is 353 g/mol. The molecule has 2 nitrogen and oxygen atoms in total. The van der Waals surface area contributed by atoms with Gasteiger partial charge < -0.3 is 11.5 Å². The van der Waals surface area contributed by atoms with Crippen LogP contribution in [0.25, 0.3) is 0 Å². The van der Waals surface area contributed by atoms with Gasteiger partial charge in [-0.25, -0.2) is 8.78 Å². The van der Waals surface area contributed by atoms with Gasteiger partial charge in [0, 0.05) is 12.1 Å². The first-order chi connectivity index (χ1) is 10.00. The summed E-state index contributed by atoms with van der Waals surface area (Å²) in [6, 6.07) is 0.655. The molecule has 24 heavy (non-hydrogen) atoms. The van der Waals surface area contributed by atoms with Crippen molar-refractivity contribution in [2.24, 2.45) is 23.3 Å². The van der Waals surface area contributed by atoms with Gasteiger partial charge in [0.1, 0.15) is 11.3 Å². The summed E-state index contributed by atoms with van der Waals surface area (Å²) in [6.07, 6.45) is 7.84. The number of hydrogen-bond donors (Lipinski definition) is 2. The number of halogens is 4. The van der Waals surface area contributed by atoms with Crippen molar-refractivity contribution < 1.29 is 8.78 Å². The van der Waals surface area contributed by atoms with Crippen LogP contribution in [-0.2, 0) is 0 Å². The van der Waals surface area contributed by atoms with E-state index in [-0.39, 0.29) is 36.6 Å². The predicted molar refractivity (Wildman–Crippen MR) is 105 cm³/mol. The Hall–Kier alpha value is 0.360. The highest BCUT2D eigenvalue weighted by Crippen LogP contribution is 2.35. The van der Waals surface area contributed by atoms with Crippen molar-refractivity contribution >= 4 is 24.8 Å². The fourth-order valence-corrected chi connectivity index (χ4v) is 3.61. The van der Waals surface area contributed by atoms with Crippen LogP contribution in [-0.4, -0.2) is 23.4 Å². The van der Waals surface area contributed by atoms with Crippen molar-refractivity contribution in [1.29, 1.82) is 0 Å². The normalized spacial score (nSPS) is 31.0. The lowest BCUT2D eigenvalue weighted by Crippen LogP contribution is -2.34. The van der Waals surface area contributed by atoms with Gasteiger partial charge >= 0.3 is 0 Å². The maximum atomic E-state index is 13.4. The summed E-state index contributed by atoms with van der Waals surface area (Å²) in [6.45, 7) is 6.70. The van der Waals surface area contributed by atoms with Gasteiger partial charge in [-0.05, 0) is 90.9 Å². The molecule has 0 spiro atoms. The Kier molecular flexibility index (Phi) is 12.4. The van der Waals surface area contributed by atoms with E-state index in [0.717, 1.165) is 51.4 Å². The van der Waals surface area contributed by atoms with Crippen LogP contribution in [0.1, 0.15) is 79.1 Å². The average Bonchev–Trinajstić information content (AvgIpc) is 2.38. The van der Waals surface area contributed by atoms with E-state index >= 15 is 0 Å². The quantitative estimate of drug-likeness (QED) is 0.667. The van der Waals surface area contributed by atoms with E-state index in [1.54, 1.807) is 27.7 Å². The smallest absolute Gasteiger partial charge is 0.108 e. The molecule has 0 aromatic rings. The first-order valence-electron chi connectivity index (χ1n) is 8.89. The van der Waals surface area contributed by atoms with Gasteiger partial charge in [-0.2, -0.15) is 0 Å². The lowest BCUT2D eigenvalue weighted by Gasteiger charge is -2.32. The van der Waals surface area contributed by atoms with Gasteiger partial charge in [-0.15, -0.1) is 24.8 Å². The molecule has 0 heterocycles. The Labute approximate surface area is 159 Å². The van der Waals surface area contributed by atoms with Crippen LogP contribution in [0, 0.1) is 11.8 Å². The van der Waals surface area contributed by atoms with Gasteiger partial charge in [0.15, 0.2) is 0 Å². The average molecular weight is 391 g/mol. The molecule has 6 heteroatoms. The zero-order valence-corrected chi connectivity index (χ0v) is 17.3. The Morgan fingerprint density at radius 1 is 0.583 bits per heavy atom. The van der Waals surface area contributed by atoms with Crippen molar-refractivity contribution in [3.63, 3.8) is 0 Å². The Morgan fingerprint density at radius 2 is 0.792 bits per heavy atom. The topological polar surface area (TPSA) is 52.0 Å². The fraction of sp³-hybridized carbons (Fsp3) is 1.00. The molecule has 0 bridgehead atoms. The maximum Gasteiger partial charge on any atom is 0.108 e. The van der Waals surface area contributed by atoms with Crippen molar-refractivity contribution in [2.75, 3.05) is 0 Å². The van der Waals surface area contributed by atoms with Crippen LogP contribution >= 0.6 is 24.8 Å². The number of rotatable bonds is 2. The third-order valence-corrected chi connectivity index (χ3v) is 5.49. The standard InChI is InChI=1S/2C9H18FN.2ClH/c2*1-9(2,10)7-3-5-8(11)6-4-7;;/h2*7-8H,3-6,11H2,1-2H3;2*1H. The second kappa shape index (κ2) is 11.2. The number of alkyl halides is 2. The summed E-state index contributed by atoms with van der Waals surface area (Å²) in [7, 11) is 0. The number of hydrogen-bond acceptors (Lipinski definition) is 2. The van der Waals surface area contributed by atoms with Crippen molar-refractivity contribution in [1.82, 2.24) is 0 Å². The maximum absolute atomic E-state index is 13.4. The van der Waals surface area contributed by atoms with Crippen LogP contribution in [0.2, 0.25) is 0 Å². The third-order valence-electron chi connectivity index (χ3n) is 5.49. The van der Waals surface area contributed by atoms with Gasteiger partial charge in [0.25, 0.3) is 0 Å². The molecule has 0 saturated heterocycles. The molecule has 2 aliphatic rings. The predicted octanol–water partition coefficient (Wildman–Crippen LogP) is 5.35. The van der Waals surface area contributed by atoms with Crippen LogP contribution in [0.15, 0.2) is 0 Å². The van der Waals surface area contributed by atoms with Crippen molar-refractivity contribution in [3.05, 3.63) is 0 Å². The van der Waals surface area contributed by atoms with E-state index in [2.05, 4.69) is 0 Å². The molecule has 0 aromatic heterocycles. The highest BCUT2D eigenvalue weighted by atomic mass is 35.5. The summed E-state index contributed by atoms with van der Waals surface area (Å²) < 4.78 is 26.7. The summed E-state index contributed by atoms with van der Waals surface area (Å²) in [5.74, 6) is 0.476. The Bertz CT molecular complexity index is 282. The summed E-state index contributed by atoms with van der Waals surface area (Å²) in [5.41, 5.74) is 9.44. The SMILES string of the molecule is CC(C)(F)C1CCC(N)CC1.CC(C)(F)C1CCC(N)CC1.Cl.Cl. The molecule has 0 unspecified atom stereocenters. The molecule has 0 radical (unpaired) electrons. The van der Waals surface area contributed by atoms with Gasteiger partial charge in [0.05, 0.1) is 0 Å². The first kappa shape index (κ1) is 26.6. The zero-order chi connectivity index (χ0) is 17.0. The molecule has 0 amide bonds. The Morgan fingerprint density at radius 3 is 0.958 bits per heavy atom. The highest BCUT2D eigenvalue weighted by molar-refractivity contribution is 5.85. The molecule has 0 aromatic carbocycles. The highest BCUT2D eigenvalue weighted by Gasteiger charge is 2.32. The molecule has 0 aliphatic heterocycles. The minimum absolute atomic E-state index is 0. The molecular formula is C18H38Cl2F2N2. The molecule has 148 valence electrons. The number of nitrogens with two attached hydrogens (primary N) is 2. The first-order valence-corrected chi connectivity index (χ1v) is 8.89. The molecule has 4 N–H and O–H groups in total. The van der Waals surface area contributed by atoms with Crippen LogP contribution < -0.4 is 11.5 Å². The monoisotopic (exact) mass is 390 g/mol. The molecule has 2 saturated carbocycles. The zero-order valence-electron chi connectivity index (χ0n) is 15.7. The molecule has 0 atom stereocenters. The molecule has 2 rings (SSSR count). The summed E-state index contributed by atoms with van der Waals surface area (Å²) >= 11 is 0. The molecule has 2 fully saturated rings. The van der Waals surface area contributed by atoms with E-state index in [1.807, 2.05) is 0 Å². The summed E-state index contributed by atoms with van der Waals surface area (Å²) in [5, 5.41) is 0. The lowest BCUT2D eigenvalue weighted by molar-refractivity contribution is 0.0895. The third kappa shape index (κ3) is 9.74. The summed E-state index contributed by atoms with van der Waals surface area (Å²) in [4.78, 5) is 0. The van der Waals surface area contributed by atoms with E-state index in [0.29, 0.717) is 12.1 Å². The van der Waals surface area contributed by atoms with Crippen molar-refractivity contribution in [2.45, 2.75) is 102 Å². The fourth-order valence-electron chi connectivity index (χ4n) is 3.61. The van der Waals surface area contributed by atoms with Gasteiger partial charge in [-0.3, -0.25) is 0 Å². The van der Waals surface area contributed by atoms with Gasteiger partial charge in [-0.1, -0.05) is 0 Å². The van der Waals surface area contributed by atoms with Crippen LogP contribution in [0.5, 0.6) is 0 Å². The van der Waals surface area contributed by atoms with Crippen LogP contribution in [0.3, 0.4) is 0 Å². The Balaban J connectivity index is 0. The van der Waals surface area contributed by atoms with Crippen molar-refractivity contribution in [3.8, 4) is 0 Å². The van der Waals surface area contributed by atoms with E-state index < -0.39 is 11.3 Å².